The highest BCUT2D eigenvalue weighted by Crippen LogP contribution is 2.44. The van der Waals surface area contributed by atoms with Crippen molar-refractivity contribution in [1.29, 1.82) is 0 Å². The van der Waals surface area contributed by atoms with E-state index < -0.39 is 10.0 Å². The number of rotatable bonds is 5. The van der Waals surface area contributed by atoms with Gasteiger partial charge in [0, 0.05) is 11.6 Å². The van der Waals surface area contributed by atoms with E-state index in [9.17, 15) is 8.42 Å². The van der Waals surface area contributed by atoms with Crippen LogP contribution < -0.4 is 10.5 Å². The van der Waals surface area contributed by atoms with E-state index in [0.29, 0.717) is 23.7 Å². The van der Waals surface area contributed by atoms with E-state index in [1.165, 1.54) is 0 Å². The van der Waals surface area contributed by atoms with Gasteiger partial charge in [0.05, 0.1) is 4.90 Å². The lowest BCUT2D eigenvalue weighted by atomic mass is 10.1. The summed E-state index contributed by atoms with van der Waals surface area (Å²) in [7, 11) is -3.51. The largest absolute Gasteiger partial charge is 0.330 e. The summed E-state index contributed by atoms with van der Waals surface area (Å²) >= 11 is 5.94. The van der Waals surface area contributed by atoms with Gasteiger partial charge in [-0.3, -0.25) is 0 Å². The summed E-state index contributed by atoms with van der Waals surface area (Å²) in [6.45, 7) is 2.62. The van der Waals surface area contributed by atoms with Crippen LogP contribution in [0.4, 0.5) is 0 Å². The molecule has 4 nitrogen and oxygen atoms in total. The molecule has 0 aliphatic heterocycles. The van der Waals surface area contributed by atoms with E-state index >= 15 is 0 Å². The van der Waals surface area contributed by atoms with Gasteiger partial charge in [0.1, 0.15) is 0 Å². The Labute approximate surface area is 113 Å². The third kappa shape index (κ3) is 2.69. The van der Waals surface area contributed by atoms with E-state index in [-0.39, 0.29) is 10.3 Å². The van der Waals surface area contributed by atoms with Gasteiger partial charge >= 0.3 is 0 Å². The van der Waals surface area contributed by atoms with Gasteiger partial charge < -0.3 is 5.73 Å². The second kappa shape index (κ2) is 4.81. The number of hydrogen-bond acceptors (Lipinski definition) is 3. The molecular formula is C12H17ClN2O2S. The van der Waals surface area contributed by atoms with Crippen molar-refractivity contribution in [3.05, 3.63) is 28.8 Å². The van der Waals surface area contributed by atoms with E-state index in [4.69, 9.17) is 17.3 Å². The van der Waals surface area contributed by atoms with Gasteiger partial charge in [0.2, 0.25) is 10.0 Å². The van der Waals surface area contributed by atoms with E-state index in [1.54, 1.807) is 25.1 Å². The van der Waals surface area contributed by atoms with E-state index in [0.717, 1.165) is 12.8 Å². The summed E-state index contributed by atoms with van der Waals surface area (Å²) in [6.07, 6.45) is 1.97. The topological polar surface area (TPSA) is 72.2 Å². The molecule has 18 heavy (non-hydrogen) atoms. The quantitative estimate of drug-likeness (QED) is 0.866. The average Bonchev–Trinajstić information content (AvgIpc) is 3.11. The molecule has 0 bridgehead atoms. The van der Waals surface area contributed by atoms with Gasteiger partial charge in [0.15, 0.2) is 0 Å². The molecule has 0 amide bonds. The summed E-state index contributed by atoms with van der Waals surface area (Å²) in [5.41, 5.74) is 6.18. The lowest BCUT2D eigenvalue weighted by molar-refractivity contribution is 0.500. The second-order valence-corrected chi connectivity index (χ2v) is 7.03. The first-order valence-electron chi connectivity index (χ1n) is 5.85. The number of nitrogens with two attached hydrogens (primary N) is 1. The molecule has 3 N–H and O–H groups in total. The molecule has 0 atom stereocenters. The Morgan fingerprint density at radius 3 is 2.67 bits per heavy atom. The maximum atomic E-state index is 12.2. The van der Waals surface area contributed by atoms with Crippen LogP contribution in [0, 0.1) is 12.3 Å². The number of benzene rings is 1. The average molecular weight is 289 g/mol. The second-order valence-electron chi connectivity index (χ2n) is 4.89. The van der Waals surface area contributed by atoms with Gasteiger partial charge in [-0.2, -0.15) is 0 Å². The van der Waals surface area contributed by atoms with Gasteiger partial charge in [0.25, 0.3) is 0 Å². The summed E-state index contributed by atoms with van der Waals surface area (Å²) in [4.78, 5) is 0.239. The first-order valence-corrected chi connectivity index (χ1v) is 7.71. The third-order valence-corrected chi connectivity index (χ3v) is 5.49. The van der Waals surface area contributed by atoms with Gasteiger partial charge in [-0.15, -0.1) is 0 Å². The Kier molecular flexibility index (Phi) is 3.69. The summed E-state index contributed by atoms with van der Waals surface area (Å²) in [5.74, 6) is 0. The molecule has 0 heterocycles. The molecule has 1 aliphatic rings. The molecule has 1 aromatic carbocycles. The molecule has 0 spiro atoms. The third-order valence-electron chi connectivity index (χ3n) is 3.53. The van der Waals surface area contributed by atoms with Crippen LogP contribution in [-0.2, 0) is 10.0 Å². The van der Waals surface area contributed by atoms with Crippen LogP contribution in [0.15, 0.2) is 23.1 Å². The molecule has 0 radical (unpaired) electrons. The van der Waals surface area contributed by atoms with Crippen molar-refractivity contribution in [3.63, 3.8) is 0 Å². The molecule has 1 aromatic rings. The summed E-state index contributed by atoms with van der Waals surface area (Å²) in [6, 6.07) is 4.88. The highest BCUT2D eigenvalue weighted by Gasteiger charge is 2.41. The minimum atomic E-state index is -3.51. The highest BCUT2D eigenvalue weighted by atomic mass is 35.5. The van der Waals surface area contributed by atoms with E-state index in [2.05, 4.69) is 4.72 Å². The van der Waals surface area contributed by atoms with Crippen molar-refractivity contribution in [2.45, 2.75) is 24.7 Å². The van der Waals surface area contributed by atoms with Crippen molar-refractivity contribution in [2.75, 3.05) is 13.1 Å². The lowest BCUT2D eigenvalue weighted by Crippen LogP contribution is -2.34. The fourth-order valence-corrected chi connectivity index (χ4v) is 3.49. The highest BCUT2D eigenvalue weighted by molar-refractivity contribution is 7.89. The predicted octanol–water partition coefficient (Wildman–Crippen LogP) is 1.67. The number of hydrogen-bond donors (Lipinski definition) is 2. The Bertz CT molecular complexity index is 553. The molecule has 0 aromatic heterocycles. The Morgan fingerprint density at radius 1 is 1.44 bits per heavy atom. The predicted molar refractivity (Wildman–Crippen MR) is 72.1 cm³/mol. The van der Waals surface area contributed by atoms with Crippen LogP contribution in [0.1, 0.15) is 18.4 Å². The first kappa shape index (κ1) is 13.8. The molecule has 1 aliphatic carbocycles. The molecule has 100 valence electrons. The van der Waals surface area contributed by atoms with Crippen LogP contribution >= 0.6 is 11.6 Å². The van der Waals surface area contributed by atoms with Gasteiger partial charge in [-0.05, 0) is 49.4 Å². The minimum absolute atomic E-state index is 0.0282. The SMILES string of the molecule is Cc1c(Cl)cccc1S(=O)(=O)NCC1(CN)CC1. The van der Waals surface area contributed by atoms with Crippen molar-refractivity contribution in [2.24, 2.45) is 11.1 Å². The summed E-state index contributed by atoms with van der Waals surface area (Å²) in [5, 5.41) is 0.456. The Morgan fingerprint density at radius 2 is 2.11 bits per heavy atom. The number of halogens is 1. The zero-order chi connectivity index (χ0) is 13.4. The molecule has 2 rings (SSSR count). The normalized spacial score (nSPS) is 17.7. The molecule has 0 saturated heterocycles. The standard InChI is InChI=1S/C12H17ClN2O2S/c1-9-10(13)3-2-4-11(9)18(16,17)15-8-12(7-14)5-6-12/h2-4,15H,5-8,14H2,1H3. The van der Waals surface area contributed by atoms with Crippen LogP contribution in [0.3, 0.4) is 0 Å². The van der Waals surface area contributed by atoms with Crippen molar-refractivity contribution in [1.82, 2.24) is 4.72 Å². The van der Waals surface area contributed by atoms with Crippen LogP contribution in [-0.4, -0.2) is 21.5 Å². The monoisotopic (exact) mass is 288 g/mol. The van der Waals surface area contributed by atoms with Crippen LogP contribution in [0.25, 0.3) is 0 Å². The number of nitrogens with one attached hydrogen (secondary N) is 1. The molecule has 6 heteroatoms. The number of sulfonamides is 1. The first-order chi connectivity index (χ1) is 8.40. The van der Waals surface area contributed by atoms with Crippen molar-refractivity contribution >= 4 is 21.6 Å². The summed E-state index contributed by atoms with van der Waals surface area (Å²) < 4.78 is 27.0. The van der Waals surface area contributed by atoms with Crippen molar-refractivity contribution < 1.29 is 8.42 Å². The van der Waals surface area contributed by atoms with Crippen molar-refractivity contribution in [3.8, 4) is 0 Å². The molecule has 1 saturated carbocycles. The zero-order valence-corrected chi connectivity index (χ0v) is 11.8. The van der Waals surface area contributed by atoms with Crippen LogP contribution in [0.2, 0.25) is 5.02 Å². The zero-order valence-electron chi connectivity index (χ0n) is 10.2. The Hall–Kier alpha value is -0.620. The fraction of sp³-hybridized carbons (Fsp3) is 0.500. The van der Waals surface area contributed by atoms with Gasteiger partial charge in [-0.25, -0.2) is 13.1 Å². The lowest BCUT2D eigenvalue weighted by Gasteiger charge is -2.15. The minimum Gasteiger partial charge on any atom is -0.330 e. The smallest absolute Gasteiger partial charge is 0.240 e. The van der Waals surface area contributed by atoms with Crippen LogP contribution in [0.5, 0.6) is 0 Å². The maximum Gasteiger partial charge on any atom is 0.240 e. The molecule has 0 unspecified atom stereocenters. The fourth-order valence-electron chi connectivity index (χ4n) is 1.83. The molecule has 1 fully saturated rings. The maximum absolute atomic E-state index is 12.2. The Balaban J connectivity index is 2.18. The molecular weight excluding hydrogens is 272 g/mol. The van der Waals surface area contributed by atoms with Gasteiger partial charge in [-0.1, -0.05) is 17.7 Å². The van der Waals surface area contributed by atoms with E-state index in [1.807, 2.05) is 0 Å².